The first-order valence-electron chi connectivity index (χ1n) is 4.38. The normalized spacial score (nSPS) is 27.4. The summed E-state index contributed by atoms with van der Waals surface area (Å²) >= 11 is 0. The molecule has 74 valence electrons. The number of aliphatic imine (C=N–C) groups is 1. The molecule has 3 N–H and O–H groups in total. The molecular weight excluding hydrogens is 170 g/mol. The van der Waals surface area contributed by atoms with Crippen molar-refractivity contribution < 1.29 is 9.53 Å². The van der Waals surface area contributed by atoms with Gasteiger partial charge in [-0.2, -0.15) is 0 Å². The number of carbonyl (C=O) groups excluding carboxylic acids is 1. The van der Waals surface area contributed by atoms with E-state index >= 15 is 0 Å². The Morgan fingerprint density at radius 1 is 1.85 bits per heavy atom. The van der Waals surface area contributed by atoms with Crippen LogP contribution in [0.5, 0.6) is 0 Å². The van der Waals surface area contributed by atoms with Crippen molar-refractivity contribution in [3.63, 3.8) is 0 Å². The molecule has 0 aromatic carbocycles. The molecule has 5 heteroatoms. The van der Waals surface area contributed by atoms with Gasteiger partial charge in [-0.1, -0.05) is 0 Å². The molecule has 0 aromatic heterocycles. The monoisotopic (exact) mass is 185 g/mol. The molecule has 1 rings (SSSR count). The Kier molecular flexibility index (Phi) is 3.11. The molecule has 1 aliphatic rings. The Bertz CT molecular complexity index is 227. The van der Waals surface area contributed by atoms with Gasteiger partial charge in [0.2, 0.25) is 0 Å². The highest BCUT2D eigenvalue weighted by atomic mass is 16.5. The summed E-state index contributed by atoms with van der Waals surface area (Å²) in [6.07, 6.45) is 0. The second-order valence-electron chi connectivity index (χ2n) is 3.02. The van der Waals surface area contributed by atoms with Gasteiger partial charge < -0.3 is 15.8 Å². The van der Waals surface area contributed by atoms with Crippen molar-refractivity contribution in [2.24, 2.45) is 16.6 Å². The van der Waals surface area contributed by atoms with E-state index in [0.29, 0.717) is 19.1 Å². The largest absolute Gasteiger partial charge is 0.466 e. The fraction of sp³-hybridized carbons (Fsp3) is 0.750. The highest BCUT2D eigenvalue weighted by Crippen LogP contribution is 2.10. The Morgan fingerprint density at radius 3 is 3.08 bits per heavy atom. The Hall–Kier alpha value is -1.26. The molecule has 0 amide bonds. The van der Waals surface area contributed by atoms with Crippen LogP contribution in [0.1, 0.15) is 13.8 Å². The van der Waals surface area contributed by atoms with E-state index in [2.05, 4.69) is 10.3 Å². The quantitative estimate of drug-likeness (QED) is 0.567. The fourth-order valence-corrected chi connectivity index (χ4v) is 1.26. The van der Waals surface area contributed by atoms with Crippen molar-refractivity contribution >= 4 is 11.9 Å². The molecule has 2 atom stereocenters. The van der Waals surface area contributed by atoms with E-state index in [4.69, 9.17) is 10.5 Å². The van der Waals surface area contributed by atoms with E-state index in [1.807, 2.05) is 6.92 Å². The number of nitrogens with two attached hydrogens (primary N) is 1. The maximum atomic E-state index is 11.3. The molecular formula is C8H15N3O2. The van der Waals surface area contributed by atoms with Gasteiger partial charge in [-0.25, -0.2) is 0 Å². The average molecular weight is 185 g/mol. The third-order valence-corrected chi connectivity index (χ3v) is 2.03. The predicted octanol–water partition coefficient (Wildman–Crippen LogP) is -0.528. The number of ether oxygens (including phenoxy) is 1. The topological polar surface area (TPSA) is 76.7 Å². The van der Waals surface area contributed by atoms with E-state index in [-0.39, 0.29) is 17.9 Å². The lowest BCUT2D eigenvalue weighted by molar-refractivity contribution is -0.148. The van der Waals surface area contributed by atoms with Gasteiger partial charge in [-0.3, -0.25) is 9.79 Å². The van der Waals surface area contributed by atoms with E-state index in [9.17, 15) is 4.79 Å². The van der Waals surface area contributed by atoms with Crippen LogP contribution in [0.25, 0.3) is 0 Å². The van der Waals surface area contributed by atoms with Crippen LogP contribution in [0.3, 0.4) is 0 Å². The van der Waals surface area contributed by atoms with Crippen molar-refractivity contribution in [3.05, 3.63) is 0 Å². The first-order chi connectivity index (χ1) is 6.15. The number of rotatable bonds is 2. The van der Waals surface area contributed by atoms with Crippen LogP contribution in [-0.4, -0.2) is 31.1 Å². The molecule has 0 aromatic rings. The van der Waals surface area contributed by atoms with Crippen LogP contribution in [-0.2, 0) is 9.53 Å². The van der Waals surface area contributed by atoms with Gasteiger partial charge >= 0.3 is 5.97 Å². The molecule has 13 heavy (non-hydrogen) atoms. The smallest absolute Gasteiger partial charge is 0.312 e. The van der Waals surface area contributed by atoms with Crippen molar-refractivity contribution in [2.45, 2.75) is 19.9 Å². The zero-order valence-electron chi connectivity index (χ0n) is 7.91. The molecule has 0 bridgehead atoms. The van der Waals surface area contributed by atoms with E-state index in [1.54, 1.807) is 6.92 Å². The lowest BCUT2D eigenvalue weighted by atomic mass is 10.0. The standard InChI is InChI=1S/C8H15N3O2/c1-3-13-7(12)6-4-10-8(9)11-5(6)2/h5-6H,3-4H2,1-2H3,(H3,9,10,11). The predicted molar refractivity (Wildman–Crippen MR) is 49.2 cm³/mol. The number of nitrogens with one attached hydrogen (secondary N) is 1. The van der Waals surface area contributed by atoms with Gasteiger partial charge in [0.1, 0.15) is 0 Å². The SMILES string of the molecule is CCOC(=O)C1CN=C(N)NC1C. The first kappa shape index (κ1) is 9.83. The Labute approximate surface area is 77.3 Å². The second-order valence-corrected chi connectivity index (χ2v) is 3.02. The van der Waals surface area contributed by atoms with Crippen LogP contribution in [0.2, 0.25) is 0 Å². The second kappa shape index (κ2) is 4.11. The van der Waals surface area contributed by atoms with Crippen LogP contribution in [0, 0.1) is 5.92 Å². The lowest BCUT2D eigenvalue weighted by Crippen LogP contribution is -2.50. The van der Waals surface area contributed by atoms with Gasteiger partial charge in [0, 0.05) is 6.04 Å². The number of guanidine groups is 1. The summed E-state index contributed by atoms with van der Waals surface area (Å²) < 4.78 is 4.90. The molecule has 0 saturated carbocycles. The van der Waals surface area contributed by atoms with Crippen LogP contribution in [0.4, 0.5) is 0 Å². The summed E-state index contributed by atoms with van der Waals surface area (Å²) in [5.74, 6) is -0.0287. The van der Waals surface area contributed by atoms with Crippen molar-refractivity contribution in [3.8, 4) is 0 Å². The molecule has 5 nitrogen and oxygen atoms in total. The van der Waals surface area contributed by atoms with E-state index in [0.717, 1.165) is 0 Å². The van der Waals surface area contributed by atoms with Crippen LogP contribution >= 0.6 is 0 Å². The molecule has 0 aliphatic carbocycles. The Morgan fingerprint density at radius 2 is 2.54 bits per heavy atom. The average Bonchev–Trinajstić information content (AvgIpc) is 2.04. The summed E-state index contributed by atoms with van der Waals surface area (Å²) in [4.78, 5) is 15.3. The minimum Gasteiger partial charge on any atom is -0.466 e. The minimum atomic E-state index is -0.216. The van der Waals surface area contributed by atoms with Crippen molar-refractivity contribution in [1.29, 1.82) is 0 Å². The van der Waals surface area contributed by atoms with Crippen LogP contribution in [0.15, 0.2) is 4.99 Å². The maximum Gasteiger partial charge on any atom is 0.312 e. The molecule has 0 fully saturated rings. The molecule has 0 spiro atoms. The van der Waals surface area contributed by atoms with E-state index in [1.165, 1.54) is 0 Å². The van der Waals surface area contributed by atoms with Gasteiger partial charge in [-0.15, -0.1) is 0 Å². The highest BCUT2D eigenvalue weighted by molar-refractivity contribution is 5.82. The van der Waals surface area contributed by atoms with E-state index < -0.39 is 0 Å². The van der Waals surface area contributed by atoms with Gasteiger partial charge in [0.25, 0.3) is 0 Å². The zero-order chi connectivity index (χ0) is 9.84. The van der Waals surface area contributed by atoms with Gasteiger partial charge in [0.05, 0.1) is 19.1 Å². The number of esters is 1. The number of hydrogen-bond donors (Lipinski definition) is 2. The third kappa shape index (κ3) is 2.34. The van der Waals surface area contributed by atoms with Crippen molar-refractivity contribution in [1.82, 2.24) is 5.32 Å². The van der Waals surface area contributed by atoms with Crippen LogP contribution < -0.4 is 11.1 Å². The minimum absolute atomic E-state index is 0.00319. The van der Waals surface area contributed by atoms with Gasteiger partial charge in [0.15, 0.2) is 5.96 Å². The van der Waals surface area contributed by atoms with Gasteiger partial charge in [-0.05, 0) is 13.8 Å². The number of nitrogens with zero attached hydrogens (tertiary/aromatic N) is 1. The summed E-state index contributed by atoms with van der Waals surface area (Å²) in [5, 5.41) is 2.90. The number of carbonyl (C=O) groups is 1. The third-order valence-electron chi connectivity index (χ3n) is 2.03. The fourth-order valence-electron chi connectivity index (χ4n) is 1.26. The first-order valence-corrected chi connectivity index (χ1v) is 4.38. The molecule has 1 aliphatic heterocycles. The molecule has 1 heterocycles. The highest BCUT2D eigenvalue weighted by Gasteiger charge is 2.29. The molecule has 0 saturated heterocycles. The Balaban J connectivity index is 2.56. The zero-order valence-corrected chi connectivity index (χ0v) is 7.91. The summed E-state index contributed by atoms with van der Waals surface area (Å²) in [7, 11) is 0. The summed E-state index contributed by atoms with van der Waals surface area (Å²) in [5.41, 5.74) is 5.45. The lowest BCUT2D eigenvalue weighted by Gasteiger charge is -2.26. The number of hydrogen-bond acceptors (Lipinski definition) is 5. The summed E-state index contributed by atoms with van der Waals surface area (Å²) in [6, 6.07) is -0.00319. The van der Waals surface area contributed by atoms with Crippen molar-refractivity contribution in [2.75, 3.05) is 13.2 Å². The molecule has 0 radical (unpaired) electrons. The summed E-state index contributed by atoms with van der Waals surface area (Å²) in [6.45, 7) is 4.50. The molecule has 2 unspecified atom stereocenters. The maximum absolute atomic E-state index is 11.3.